The Morgan fingerprint density at radius 3 is 2.11 bits per heavy atom. The van der Waals surface area contributed by atoms with Crippen molar-refractivity contribution in [1.29, 1.82) is 0 Å². The van der Waals surface area contributed by atoms with Gasteiger partial charge in [0.25, 0.3) is 17.1 Å². The molecule has 3 aromatic rings. The Hall–Kier alpha value is -4.34. The number of rotatable bonds is 4. The molecule has 0 fully saturated rings. The minimum Gasteiger partial charge on any atom is -0.472 e. The second-order valence-corrected chi connectivity index (χ2v) is 6.00. The number of benzene rings is 2. The Balaban J connectivity index is 2.09. The second kappa shape index (κ2) is 6.13. The van der Waals surface area contributed by atoms with Gasteiger partial charge in [-0.3, -0.25) is 30.3 Å². The Morgan fingerprint density at radius 2 is 1.50 bits per heavy atom. The van der Waals surface area contributed by atoms with Crippen LogP contribution in [-0.4, -0.2) is 14.8 Å². The van der Waals surface area contributed by atoms with Gasteiger partial charge in [0.2, 0.25) is 0 Å². The number of furan rings is 1. The highest BCUT2D eigenvalue weighted by Crippen LogP contribution is 2.51. The number of nitro groups is 3. The van der Waals surface area contributed by atoms with Gasteiger partial charge in [0.05, 0.1) is 38.9 Å². The molecular formula is C18H9N3O7. The van der Waals surface area contributed by atoms with Crippen LogP contribution in [0.5, 0.6) is 0 Å². The highest BCUT2D eigenvalue weighted by Gasteiger charge is 2.34. The van der Waals surface area contributed by atoms with Gasteiger partial charge >= 0.3 is 0 Å². The molecule has 28 heavy (non-hydrogen) atoms. The number of hydrogen-bond donors (Lipinski definition) is 0. The van der Waals surface area contributed by atoms with Crippen LogP contribution in [0.1, 0.15) is 16.7 Å². The molecule has 1 aromatic heterocycles. The molecule has 4 rings (SSSR count). The molecular weight excluding hydrogens is 370 g/mol. The molecule has 0 amide bonds. The summed E-state index contributed by atoms with van der Waals surface area (Å²) >= 11 is 0. The first-order valence-corrected chi connectivity index (χ1v) is 7.87. The normalized spacial score (nSPS) is 13.2. The summed E-state index contributed by atoms with van der Waals surface area (Å²) in [5, 5.41) is 34.0. The number of nitrogens with zero attached hydrogens (tertiary/aromatic N) is 3. The van der Waals surface area contributed by atoms with E-state index in [0.717, 1.165) is 6.07 Å². The molecule has 0 bridgehead atoms. The maximum Gasteiger partial charge on any atom is 0.284 e. The van der Waals surface area contributed by atoms with Crippen molar-refractivity contribution in [2.24, 2.45) is 0 Å². The standard InChI is InChI=1S/C18H9N3O7/c22-19(23)11-1-2-13-15(6-11)14(5-10-3-4-28-9-10)16-7-12(20(24)25)8-17(18(13)16)21(26)27/h1-9H. The number of fused-ring (bicyclic) bond motifs is 3. The molecule has 0 spiro atoms. The van der Waals surface area contributed by atoms with Crippen molar-refractivity contribution < 1.29 is 19.2 Å². The Labute approximate surface area is 155 Å². The van der Waals surface area contributed by atoms with E-state index in [9.17, 15) is 30.3 Å². The summed E-state index contributed by atoms with van der Waals surface area (Å²) in [6, 6.07) is 7.73. The zero-order valence-corrected chi connectivity index (χ0v) is 13.9. The molecule has 1 heterocycles. The molecule has 0 aliphatic heterocycles. The smallest absolute Gasteiger partial charge is 0.284 e. The molecule has 138 valence electrons. The Morgan fingerprint density at radius 1 is 0.786 bits per heavy atom. The topological polar surface area (TPSA) is 143 Å². The van der Waals surface area contributed by atoms with E-state index in [0.29, 0.717) is 22.3 Å². The van der Waals surface area contributed by atoms with Crippen LogP contribution < -0.4 is 0 Å². The molecule has 10 nitrogen and oxygen atoms in total. The zero-order valence-electron chi connectivity index (χ0n) is 13.9. The van der Waals surface area contributed by atoms with Gasteiger partial charge in [-0.15, -0.1) is 0 Å². The van der Waals surface area contributed by atoms with Crippen molar-refractivity contribution in [2.75, 3.05) is 0 Å². The molecule has 0 unspecified atom stereocenters. The van der Waals surface area contributed by atoms with Gasteiger partial charge in [0.1, 0.15) is 0 Å². The van der Waals surface area contributed by atoms with E-state index in [4.69, 9.17) is 4.42 Å². The minimum absolute atomic E-state index is 0.190. The average Bonchev–Trinajstić information content (AvgIpc) is 3.27. The van der Waals surface area contributed by atoms with Crippen molar-refractivity contribution in [3.05, 3.63) is 96.0 Å². The molecule has 2 aromatic carbocycles. The second-order valence-electron chi connectivity index (χ2n) is 6.00. The van der Waals surface area contributed by atoms with E-state index in [1.807, 2.05) is 0 Å². The van der Waals surface area contributed by atoms with Crippen LogP contribution in [0.2, 0.25) is 0 Å². The molecule has 10 heteroatoms. The maximum atomic E-state index is 11.6. The highest BCUT2D eigenvalue weighted by atomic mass is 16.6. The lowest BCUT2D eigenvalue weighted by Crippen LogP contribution is -1.96. The van der Waals surface area contributed by atoms with Crippen molar-refractivity contribution in [1.82, 2.24) is 0 Å². The summed E-state index contributed by atoms with van der Waals surface area (Å²) in [6.07, 6.45) is 4.46. The average molecular weight is 379 g/mol. The van der Waals surface area contributed by atoms with Gasteiger partial charge in [-0.05, 0) is 34.9 Å². The molecule has 1 aliphatic rings. The fourth-order valence-electron chi connectivity index (χ4n) is 3.27. The largest absolute Gasteiger partial charge is 0.472 e. The van der Waals surface area contributed by atoms with Crippen LogP contribution in [0.15, 0.2) is 53.3 Å². The summed E-state index contributed by atoms with van der Waals surface area (Å²) in [6.45, 7) is 0. The van der Waals surface area contributed by atoms with Crippen LogP contribution in [-0.2, 0) is 0 Å². The molecule has 0 N–H and O–H groups in total. The van der Waals surface area contributed by atoms with Crippen LogP contribution in [0.3, 0.4) is 0 Å². The first kappa shape index (κ1) is 17.1. The van der Waals surface area contributed by atoms with E-state index in [2.05, 4.69) is 0 Å². The molecule has 0 saturated carbocycles. The van der Waals surface area contributed by atoms with Crippen LogP contribution in [0.25, 0.3) is 22.8 Å². The van der Waals surface area contributed by atoms with Crippen LogP contribution in [0.4, 0.5) is 17.1 Å². The SMILES string of the molecule is O=[N+]([O-])c1ccc2c(c1)C(=Cc1ccoc1)c1cc([N+](=O)[O-])cc([N+](=O)[O-])c1-2. The Kier molecular flexibility index (Phi) is 3.74. The highest BCUT2D eigenvalue weighted by molar-refractivity contribution is 6.09. The monoisotopic (exact) mass is 379 g/mol. The predicted molar refractivity (Wildman–Crippen MR) is 97.5 cm³/mol. The first-order chi connectivity index (χ1) is 13.4. The van der Waals surface area contributed by atoms with Gasteiger partial charge < -0.3 is 4.42 Å². The quantitative estimate of drug-likeness (QED) is 0.373. The minimum atomic E-state index is -0.714. The fourth-order valence-corrected chi connectivity index (χ4v) is 3.27. The predicted octanol–water partition coefficient (Wildman–Crippen LogP) is 4.57. The third kappa shape index (κ3) is 2.60. The van der Waals surface area contributed by atoms with E-state index in [1.54, 1.807) is 12.1 Å². The lowest BCUT2D eigenvalue weighted by atomic mass is 10.0. The number of nitro benzene ring substituents is 3. The molecule has 0 saturated heterocycles. The zero-order chi connectivity index (χ0) is 20.0. The van der Waals surface area contributed by atoms with Gasteiger partial charge in [-0.2, -0.15) is 0 Å². The summed E-state index contributed by atoms with van der Waals surface area (Å²) in [4.78, 5) is 32.1. The lowest BCUT2D eigenvalue weighted by Gasteiger charge is -2.03. The fraction of sp³-hybridized carbons (Fsp3) is 0. The summed E-state index contributed by atoms with van der Waals surface area (Å²) in [5.74, 6) is 0. The van der Waals surface area contributed by atoms with Crippen LogP contribution in [0, 0.1) is 30.3 Å². The van der Waals surface area contributed by atoms with E-state index in [1.165, 1.54) is 36.8 Å². The summed E-state index contributed by atoms with van der Waals surface area (Å²) in [5.41, 5.74) is 1.18. The van der Waals surface area contributed by atoms with Gasteiger partial charge in [-0.1, -0.05) is 0 Å². The van der Waals surface area contributed by atoms with Gasteiger partial charge in [0.15, 0.2) is 0 Å². The molecule has 1 aliphatic carbocycles. The lowest BCUT2D eigenvalue weighted by molar-refractivity contribution is -0.393. The summed E-state index contributed by atoms with van der Waals surface area (Å²) in [7, 11) is 0. The van der Waals surface area contributed by atoms with Crippen LogP contribution >= 0.6 is 0 Å². The third-order valence-electron chi connectivity index (χ3n) is 4.43. The van der Waals surface area contributed by atoms with E-state index >= 15 is 0 Å². The van der Waals surface area contributed by atoms with Gasteiger partial charge in [-0.25, -0.2) is 0 Å². The Bertz CT molecular complexity index is 1200. The molecule has 0 atom stereocenters. The maximum absolute atomic E-state index is 11.6. The third-order valence-corrected chi connectivity index (χ3v) is 4.43. The van der Waals surface area contributed by atoms with Crippen molar-refractivity contribution in [3.8, 4) is 11.1 Å². The van der Waals surface area contributed by atoms with Crippen molar-refractivity contribution >= 4 is 28.7 Å². The van der Waals surface area contributed by atoms with Crippen molar-refractivity contribution in [2.45, 2.75) is 0 Å². The molecule has 0 radical (unpaired) electrons. The number of non-ortho nitro benzene ring substituents is 2. The van der Waals surface area contributed by atoms with Crippen molar-refractivity contribution in [3.63, 3.8) is 0 Å². The van der Waals surface area contributed by atoms with E-state index in [-0.39, 0.29) is 16.8 Å². The number of hydrogen-bond acceptors (Lipinski definition) is 7. The van der Waals surface area contributed by atoms with E-state index < -0.39 is 26.1 Å². The summed E-state index contributed by atoms with van der Waals surface area (Å²) < 4.78 is 5.02. The first-order valence-electron chi connectivity index (χ1n) is 7.87. The van der Waals surface area contributed by atoms with Gasteiger partial charge in [0, 0.05) is 29.3 Å².